The van der Waals surface area contributed by atoms with Crippen molar-refractivity contribution in [3.8, 4) is 0 Å². The van der Waals surface area contributed by atoms with E-state index < -0.39 is 11.6 Å². The number of carbonyl (C=O) groups excluding carboxylic acids is 1. The summed E-state index contributed by atoms with van der Waals surface area (Å²) < 4.78 is 4.84. The Hall–Kier alpha value is -2.30. The van der Waals surface area contributed by atoms with E-state index in [2.05, 4.69) is 29.4 Å². The predicted octanol–water partition coefficient (Wildman–Crippen LogP) is 2.39. The quantitative estimate of drug-likeness (QED) is 0.782. The number of H-pyrrole nitrogens is 1. The van der Waals surface area contributed by atoms with E-state index in [-0.39, 0.29) is 11.5 Å². The fraction of sp³-hybridized carbons (Fsp3) is 0.412. The van der Waals surface area contributed by atoms with Gasteiger partial charge in [-0.1, -0.05) is 17.7 Å². The zero-order chi connectivity index (χ0) is 15.9. The Kier molecular flexibility index (Phi) is 3.43. The van der Waals surface area contributed by atoms with Crippen molar-refractivity contribution in [1.29, 1.82) is 0 Å². The molecule has 1 aromatic heterocycles. The Morgan fingerprint density at radius 3 is 2.95 bits per heavy atom. The van der Waals surface area contributed by atoms with Gasteiger partial charge in [0.2, 0.25) is 5.56 Å². The van der Waals surface area contributed by atoms with Crippen LogP contribution >= 0.6 is 0 Å². The molecule has 22 heavy (non-hydrogen) atoms. The third kappa shape index (κ3) is 2.08. The van der Waals surface area contributed by atoms with E-state index in [1.54, 1.807) is 0 Å². The van der Waals surface area contributed by atoms with Crippen LogP contribution in [0.4, 0.5) is 4.79 Å². The molecule has 2 aliphatic carbocycles. The highest BCUT2D eigenvalue weighted by Crippen LogP contribution is 2.49. The molecule has 0 aliphatic heterocycles. The maximum Gasteiger partial charge on any atom is 0.407 e. The number of aromatic nitrogens is 1. The van der Waals surface area contributed by atoms with Gasteiger partial charge in [-0.3, -0.25) is 4.79 Å². The predicted molar refractivity (Wildman–Crippen MR) is 83.6 cm³/mol. The van der Waals surface area contributed by atoms with Crippen molar-refractivity contribution in [2.24, 2.45) is 5.92 Å². The molecule has 0 spiro atoms. The summed E-state index contributed by atoms with van der Waals surface area (Å²) in [5.74, 6) is 0.182. The van der Waals surface area contributed by atoms with Crippen LogP contribution in [-0.4, -0.2) is 18.2 Å². The molecular formula is C17H20N2O3. The van der Waals surface area contributed by atoms with Gasteiger partial charge in [0.15, 0.2) is 0 Å². The monoisotopic (exact) mass is 300 g/mol. The van der Waals surface area contributed by atoms with Crippen molar-refractivity contribution < 1.29 is 9.53 Å². The number of nitrogens with one attached hydrogen (secondary N) is 2. The highest BCUT2D eigenvalue weighted by atomic mass is 16.5. The smallest absolute Gasteiger partial charge is 0.407 e. The Morgan fingerprint density at radius 1 is 1.50 bits per heavy atom. The number of fused-ring (bicyclic) bond motifs is 4. The van der Waals surface area contributed by atoms with E-state index in [1.165, 1.54) is 18.7 Å². The lowest BCUT2D eigenvalue weighted by Gasteiger charge is -2.47. The molecule has 2 N–H and O–H groups in total. The molecule has 2 atom stereocenters. The van der Waals surface area contributed by atoms with E-state index in [0.29, 0.717) is 6.42 Å². The molecular weight excluding hydrogens is 280 g/mol. The van der Waals surface area contributed by atoms with Crippen LogP contribution in [0.5, 0.6) is 0 Å². The van der Waals surface area contributed by atoms with Crippen LogP contribution in [0.2, 0.25) is 0 Å². The first-order chi connectivity index (χ1) is 10.5. The molecule has 2 aliphatic rings. The van der Waals surface area contributed by atoms with Crippen LogP contribution in [0.3, 0.4) is 0 Å². The maximum absolute atomic E-state index is 12.0. The molecule has 1 amide bonds. The summed E-state index contributed by atoms with van der Waals surface area (Å²) in [5, 5.41) is 3.03. The molecule has 0 saturated carbocycles. The minimum atomic E-state index is -0.636. The largest absolute Gasteiger partial charge is 0.453 e. The number of pyridine rings is 1. The van der Waals surface area contributed by atoms with E-state index in [9.17, 15) is 9.59 Å². The van der Waals surface area contributed by atoms with Crippen LogP contribution < -0.4 is 10.9 Å². The van der Waals surface area contributed by atoms with Gasteiger partial charge in [-0.25, -0.2) is 4.79 Å². The summed E-state index contributed by atoms with van der Waals surface area (Å²) in [6, 6.07) is 3.34. The SMILES string of the molecule is C/C=C1\[C@H]2C=C(C)C[C@]1(NC(=O)OC)c1ccc(=O)[nH]c1C2. The fourth-order valence-corrected chi connectivity index (χ4v) is 3.92. The lowest BCUT2D eigenvalue weighted by molar-refractivity contribution is 0.155. The summed E-state index contributed by atoms with van der Waals surface area (Å²) in [7, 11) is 1.36. The number of aromatic amines is 1. The van der Waals surface area contributed by atoms with Gasteiger partial charge in [0.25, 0.3) is 0 Å². The van der Waals surface area contributed by atoms with Gasteiger partial charge in [-0.15, -0.1) is 0 Å². The molecule has 1 heterocycles. The Balaban J connectivity index is 2.25. The number of amides is 1. The standard InChI is InChI=1S/C17H20N2O3/c1-4-12-11-7-10(2)9-17(12,19-16(21)22-3)13-5-6-15(20)18-14(13)8-11/h4-7,11H,8-9H2,1-3H3,(H,18,20)(H,19,21)/b12-4+/t11-,17+/m0/s1. The molecule has 2 bridgehead atoms. The number of rotatable bonds is 1. The second kappa shape index (κ2) is 5.16. The summed E-state index contributed by atoms with van der Waals surface area (Å²) in [5.41, 5.74) is 3.47. The van der Waals surface area contributed by atoms with Crippen LogP contribution in [-0.2, 0) is 16.7 Å². The molecule has 5 nitrogen and oxygen atoms in total. The lowest BCUT2D eigenvalue weighted by Crippen LogP contribution is -2.53. The average molecular weight is 300 g/mol. The van der Waals surface area contributed by atoms with E-state index >= 15 is 0 Å². The van der Waals surface area contributed by atoms with Gasteiger partial charge in [-0.2, -0.15) is 0 Å². The molecule has 0 aromatic carbocycles. The van der Waals surface area contributed by atoms with Gasteiger partial charge >= 0.3 is 6.09 Å². The van der Waals surface area contributed by atoms with Crippen LogP contribution in [0.25, 0.3) is 0 Å². The zero-order valence-electron chi connectivity index (χ0n) is 13.0. The molecule has 116 valence electrons. The maximum atomic E-state index is 12.0. The van der Waals surface area contributed by atoms with E-state index in [0.717, 1.165) is 23.3 Å². The molecule has 0 unspecified atom stereocenters. The number of carbonyl (C=O) groups is 1. The van der Waals surface area contributed by atoms with E-state index in [1.807, 2.05) is 13.0 Å². The normalized spacial score (nSPS) is 27.9. The number of methoxy groups -OCH3 is 1. The first kappa shape index (κ1) is 14.6. The number of alkyl carbamates (subject to hydrolysis) is 1. The molecule has 0 saturated heterocycles. The van der Waals surface area contributed by atoms with Crippen molar-refractivity contribution in [2.75, 3.05) is 7.11 Å². The van der Waals surface area contributed by atoms with Crippen molar-refractivity contribution in [1.82, 2.24) is 10.3 Å². The minimum Gasteiger partial charge on any atom is -0.453 e. The highest BCUT2D eigenvalue weighted by Gasteiger charge is 2.47. The third-order valence-electron chi connectivity index (χ3n) is 4.62. The number of ether oxygens (including phenoxy) is 1. The van der Waals surface area contributed by atoms with E-state index in [4.69, 9.17) is 4.74 Å². The van der Waals surface area contributed by atoms with Crippen LogP contribution in [0.15, 0.2) is 40.2 Å². The van der Waals surface area contributed by atoms with Gasteiger partial charge in [0, 0.05) is 23.2 Å². The molecule has 5 heteroatoms. The first-order valence-corrected chi connectivity index (χ1v) is 7.43. The van der Waals surface area contributed by atoms with Crippen LogP contribution in [0, 0.1) is 5.92 Å². The Morgan fingerprint density at radius 2 is 2.27 bits per heavy atom. The zero-order valence-corrected chi connectivity index (χ0v) is 13.0. The van der Waals surface area contributed by atoms with Crippen LogP contribution in [0.1, 0.15) is 31.5 Å². The van der Waals surface area contributed by atoms with Gasteiger partial charge in [0.05, 0.1) is 12.6 Å². The number of hydrogen-bond acceptors (Lipinski definition) is 3. The summed E-state index contributed by atoms with van der Waals surface area (Å²) in [6.07, 6.45) is 5.25. The second-order valence-corrected chi connectivity index (χ2v) is 5.98. The Labute approximate surface area is 129 Å². The molecule has 0 fully saturated rings. The van der Waals surface area contributed by atoms with Gasteiger partial charge < -0.3 is 15.0 Å². The summed E-state index contributed by atoms with van der Waals surface area (Å²) in [4.78, 5) is 26.6. The van der Waals surface area contributed by atoms with Gasteiger partial charge in [0.1, 0.15) is 0 Å². The summed E-state index contributed by atoms with van der Waals surface area (Å²) in [6.45, 7) is 4.06. The molecule has 3 rings (SSSR count). The lowest BCUT2D eigenvalue weighted by atomic mass is 9.63. The Bertz CT molecular complexity index is 745. The van der Waals surface area contributed by atoms with Crippen molar-refractivity contribution in [3.05, 3.63) is 57.0 Å². The van der Waals surface area contributed by atoms with Crippen molar-refractivity contribution in [2.45, 2.75) is 32.2 Å². The fourth-order valence-electron chi connectivity index (χ4n) is 3.92. The highest BCUT2D eigenvalue weighted by molar-refractivity contribution is 5.71. The first-order valence-electron chi connectivity index (χ1n) is 7.43. The molecule has 1 aromatic rings. The van der Waals surface area contributed by atoms with Crippen molar-refractivity contribution >= 4 is 6.09 Å². The second-order valence-electron chi connectivity index (χ2n) is 5.98. The van der Waals surface area contributed by atoms with Crippen molar-refractivity contribution in [3.63, 3.8) is 0 Å². The average Bonchev–Trinajstić information content (AvgIpc) is 2.45. The minimum absolute atomic E-state index is 0.116. The molecule has 0 radical (unpaired) electrons. The third-order valence-corrected chi connectivity index (χ3v) is 4.62. The topological polar surface area (TPSA) is 71.2 Å². The van der Waals surface area contributed by atoms with Gasteiger partial charge in [-0.05, 0) is 38.3 Å². The number of hydrogen-bond donors (Lipinski definition) is 2. The summed E-state index contributed by atoms with van der Waals surface area (Å²) >= 11 is 0. The number of allylic oxidation sites excluding steroid dienone is 2.